The van der Waals surface area contributed by atoms with Crippen LogP contribution in [0.1, 0.15) is 12.5 Å². The van der Waals surface area contributed by atoms with Crippen molar-refractivity contribution >= 4 is 5.91 Å². The molecule has 1 aromatic rings. The zero-order valence-corrected chi connectivity index (χ0v) is 8.62. The number of hydrogen-bond acceptors (Lipinski definition) is 3. The van der Waals surface area contributed by atoms with Gasteiger partial charge in [0, 0.05) is 19.2 Å². The Morgan fingerprint density at radius 2 is 2.43 bits per heavy atom. The lowest BCUT2D eigenvalue weighted by molar-refractivity contribution is -0.129. The van der Waals surface area contributed by atoms with Gasteiger partial charge in [-0.3, -0.25) is 4.79 Å². The molecule has 1 amide bonds. The molecule has 0 saturated heterocycles. The van der Waals surface area contributed by atoms with Crippen molar-refractivity contribution in [1.29, 1.82) is 0 Å². The van der Waals surface area contributed by atoms with Crippen molar-refractivity contribution in [2.24, 2.45) is 0 Å². The Morgan fingerprint density at radius 1 is 1.64 bits per heavy atom. The number of carbonyl (C=O) groups is 1. The molecule has 0 aliphatic carbocycles. The van der Waals surface area contributed by atoms with Crippen LogP contribution in [-0.2, 0) is 11.3 Å². The molecule has 0 unspecified atom stereocenters. The van der Waals surface area contributed by atoms with Crippen molar-refractivity contribution in [2.75, 3.05) is 20.1 Å². The maximum Gasteiger partial charge on any atom is 0.236 e. The Kier molecular flexibility index (Phi) is 4.19. The number of furan rings is 1. The maximum absolute atomic E-state index is 11.5. The molecule has 0 fully saturated rings. The number of nitrogens with zero attached hydrogens (tertiary/aromatic N) is 1. The summed E-state index contributed by atoms with van der Waals surface area (Å²) in [5.41, 5.74) is 1.01. The number of nitrogens with one attached hydrogen (secondary N) is 1. The van der Waals surface area contributed by atoms with Gasteiger partial charge in [-0.05, 0) is 12.6 Å². The fraction of sp³-hybridized carbons (Fsp3) is 0.500. The van der Waals surface area contributed by atoms with Gasteiger partial charge in [0.15, 0.2) is 0 Å². The van der Waals surface area contributed by atoms with Gasteiger partial charge < -0.3 is 14.6 Å². The quantitative estimate of drug-likeness (QED) is 0.759. The summed E-state index contributed by atoms with van der Waals surface area (Å²) in [6.45, 7) is 3.78. The van der Waals surface area contributed by atoms with Gasteiger partial charge >= 0.3 is 0 Å². The first-order valence-corrected chi connectivity index (χ1v) is 4.69. The summed E-state index contributed by atoms with van der Waals surface area (Å²) in [5, 5.41) is 2.99. The third-order valence-corrected chi connectivity index (χ3v) is 1.95. The van der Waals surface area contributed by atoms with Crippen LogP contribution in [-0.4, -0.2) is 30.9 Å². The lowest BCUT2D eigenvalue weighted by Crippen LogP contribution is -2.34. The van der Waals surface area contributed by atoms with E-state index in [1.54, 1.807) is 24.5 Å². The van der Waals surface area contributed by atoms with E-state index >= 15 is 0 Å². The second-order valence-corrected chi connectivity index (χ2v) is 3.16. The third-order valence-electron chi connectivity index (χ3n) is 1.95. The van der Waals surface area contributed by atoms with Crippen molar-refractivity contribution in [1.82, 2.24) is 10.2 Å². The highest BCUT2D eigenvalue weighted by Gasteiger charge is 2.08. The van der Waals surface area contributed by atoms with Crippen molar-refractivity contribution in [3.63, 3.8) is 0 Å². The summed E-state index contributed by atoms with van der Waals surface area (Å²) in [4.78, 5) is 13.1. The van der Waals surface area contributed by atoms with E-state index in [4.69, 9.17) is 4.42 Å². The minimum atomic E-state index is 0.0908. The number of rotatable bonds is 5. The molecule has 1 rings (SSSR count). The van der Waals surface area contributed by atoms with E-state index in [0.717, 1.165) is 12.1 Å². The first-order chi connectivity index (χ1) is 6.74. The Hall–Kier alpha value is -1.29. The molecule has 0 radical (unpaired) electrons. The van der Waals surface area contributed by atoms with Gasteiger partial charge in [-0.15, -0.1) is 0 Å². The van der Waals surface area contributed by atoms with E-state index in [-0.39, 0.29) is 5.91 Å². The summed E-state index contributed by atoms with van der Waals surface area (Å²) < 4.78 is 4.92. The van der Waals surface area contributed by atoms with Crippen LogP contribution < -0.4 is 5.32 Å². The van der Waals surface area contributed by atoms with Crippen molar-refractivity contribution in [3.05, 3.63) is 24.2 Å². The molecule has 0 spiro atoms. The first kappa shape index (κ1) is 10.8. The van der Waals surface area contributed by atoms with E-state index in [2.05, 4.69) is 5.32 Å². The molecule has 78 valence electrons. The highest BCUT2D eigenvalue weighted by Crippen LogP contribution is 2.03. The predicted molar refractivity (Wildman–Crippen MR) is 53.7 cm³/mol. The summed E-state index contributed by atoms with van der Waals surface area (Å²) in [6, 6.07) is 1.86. The third kappa shape index (κ3) is 3.22. The van der Waals surface area contributed by atoms with E-state index in [1.807, 2.05) is 13.0 Å². The van der Waals surface area contributed by atoms with E-state index in [0.29, 0.717) is 13.1 Å². The highest BCUT2D eigenvalue weighted by atomic mass is 16.3. The van der Waals surface area contributed by atoms with Gasteiger partial charge in [0.25, 0.3) is 0 Å². The van der Waals surface area contributed by atoms with Gasteiger partial charge in [-0.2, -0.15) is 0 Å². The molecule has 1 aromatic heterocycles. The van der Waals surface area contributed by atoms with Crippen LogP contribution in [0.15, 0.2) is 23.0 Å². The second-order valence-electron chi connectivity index (χ2n) is 3.16. The molecule has 0 aliphatic heterocycles. The Bertz CT molecular complexity index is 270. The van der Waals surface area contributed by atoms with Crippen LogP contribution in [0.2, 0.25) is 0 Å². The normalized spacial score (nSPS) is 10.1. The molecule has 1 heterocycles. The fourth-order valence-corrected chi connectivity index (χ4v) is 1.11. The number of hydrogen-bond donors (Lipinski definition) is 1. The highest BCUT2D eigenvalue weighted by molar-refractivity contribution is 5.77. The zero-order chi connectivity index (χ0) is 10.4. The van der Waals surface area contributed by atoms with Crippen LogP contribution in [0.5, 0.6) is 0 Å². The van der Waals surface area contributed by atoms with Gasteiger partial charge in [0.05, 0.1) is 19.1 Å². The summed E-state index contributed by atoms with van der Waals surface area (Å²) >= 11 is 0. The van der Waals surface area contributed by atoms with Gasteiger partial charge in [0.2, 0.25) is 5.91 Å². The Morgan fingerprint density at radius 3 is 3.00 bits per heavy atom. The van der Waals surface area contributed by atoms with Crippen LogP contribution in [0.3, 0.4) is 0 Å². The van der Waals surface area contributed by atoms with Crippen molar-refractivity contribution in [2.45, 2.75) is 13.5 Å². The summed E-state index contributed by atoms with van der Waals surface area (Å²) in [6.07, 6.45) is 3.26. The van der Waals surface area contributed by atoms with Gasteiger partial charge in [-0.25, -0.2) is 0 Å². The monoisotopic (exact) mass is 196 g/mol. The molecular weight excluding hydrogens is 180 g/mol. The van der Waals surface area contributed by atoms with Crippen molar-refractivity contribution < 1.29 is 9.21 Å². The second kappa shape index (κ2) is 5.44. The first-order valence-electron chi connectivity index (χ1n) is 4.69. The molecule has 14 heavy (non-hydrogen) atoms. The average Bonchev–Trinajstić information content (AvgIpc) is 2.66. The molecule has 0 saturated carbocycles. The molecular formula is C10H16N2O2. The molecule has 0 atom stereocenters. The predicted octanol–water partition coefficient (Wildman–Crippen LogP) is 0.847. The van der Waals surface area contributed by atoms with Crippen LogP contribution in [0.4, 0.5) is 0 Å². The number of likely N-dealkylation sites (N-methyl/N-ethyl adjacent to an activating group) is 2. The van der Waals surface area contributed by atoms with E-state index < -0.39 is 0 Å². The summed E-state index contributed by atoms with van der Waals surface area (Å²) in [5.74, 6) is 0.0908. The smallest absolute Gasteiger partial charge is 0.236 e. The topological polar surface area (TPSA) is 45.5 Å². The average molecular weight is 196 g/mol. The standard InChI is InChI=1S/C10H16N2O2/c1-3-11-6-10(13)12(2)7-9-4-5-14-8-9/h4-5,8,11H,3,6-7H2,1-2H3. The zero-order valence-electron chi connectivity index (χ0n) is 8.62. The largest absolute Gasteiger partial charge is 0.472 e. The molecule has 0 bridgehead atoms. The number of amides is 1. The van der Waals surface area contributed by atoms with Gasteiger partial charge in [-0.1, -0.05) is 6.92 Å². The molecule has 4 heteroatoms. The minimum Gasteiger partial charge on any atom is -0.472 e. The lowest BCUT2D eigenvalue weighted by atomic mass is 10.3. The van der Waals surface area contributed by atoms with E-state index in [1.165, 1.54) is 0 Å². The SMILES string of the molecule is CCNCC(=O)N(C)Cc1ccoc1. The molecule has 0 aromatic carbocycles. The molecule has 0 aliphatic rings. The van der Waals surface area contributed by atoms with Crippen molar-refractivity contribution in [3.8, 4) is 0 Å². The minimum absolute atomic E-state index is 0.0908. The molecule has 1 N–H and O–H groups in total. The Balaban J connectivity index is 2.34. The number of carbonyl (C=O) groups excluding carboxylic acids is 1. The molecule has 4 nitrogen and oxygen atoms in total. The van der Waals surface area contributed by atoms with E-state index in [9.17, 15) is 4.79 Å². The summed E-state index contributed by atoms with van der Waals surface area (Å²) in [7, 11) is 1.78. The Labute approximate surface area is 83.9 Å². The fourth-order valence-electron chi connectivity index (χ4n) is 1.11. The van der Waals surface area contributed by atoms with Crippen LogP contribution in [0.25, 0.3) is 0 Å². The van der Waals surface area contributed by atoms with Crippen LogP contribution in [0, 0.1) is 0 Å². The lowest BCUT2D eigenvalue weighted by Gasteiger charge is -2.15. The van der Waals surface area contributed by atoms with Gasteiger partial charge in [0.1, 0.15) is 0 Å². The maximum atomic E-state index is 11.5. The van der Waals surface area contributed by atoms with Crippen LogP contribution >= 0.6 is 0 Å².